The lowest BCUT2D eigenvalue weighted by Gasteiger charge is -2.36. The highest BCUT2D eigenvalue weighted by Crippen LogP contribution is 2.29. The lowest BCUT2D eigenvalue weighted by atomic mass is 9.90. The average molecular weight is 587 g/mol. The third kappa shape index (κ3) is 6.49. The van der Waals surface area contributed by atoms with Crippen LogP contribution in [-0.2, 0) is 13.6 Å². The maximum atomic E-state index is 13.6. The van der Waals surface area contributed by atoms with Gasteiger partial charge in [-0.15, -0.1) is 10.2 Å². The zero-order chi connectivity index (χ0) is 30.3. The predicted octanol–water partition coefficient (Wildman–Crippen LogP) is 4.14. The topological polar surface area (TPSA) is 163 Å². The highest BCUT2D eigenvalue weighted by atomic mass is 16.2. The number of carbonyl (C=O) groups is 1. The fourth-order valence-corrected chi connectivity index (χ4v) is 5.31. The summed E-state index contributed by atoms with van der Waals surface area (Å²) in [7, 11) is 1.85. The van der Waals surface area contributed by atoms with Gasteiger partial charge in [-0.1, -0.05) is 30.3 Å². The number of rotatable bonds is 8. The first-order valence-corrected chi connectivity index (χ1v) is 14.3. The van der Waals surface area contributed by atoms with E-state index in [1.165, 1.54) is 12.5 Å². The number of benzene rings is 1. The van der Waals surface area contributed by atoms with E-state index < -0.39 is 0 Å². The van der Waals surface area contributed by atoms with Crippen LogP contribution in [0.25, 0.3) is 22.5 Å². The van der Waals surface area contributed by atoms with Gasteiger partial charge in [0.05, 0.1) is 29.3 Å². The molecule has 6 rings (SSSR count). The van der Waals surface area contributed by atoms with E-state index >= 15 is 0 Å². The monoisotopic (exact) mass is 586 g/mol. The van der Waals surface area contributed by atoms with Crippen LogP contribution in [0.2, 0.25) is 0 Å². The molecule has 5 aromatic rings. The van der Waals surface area contributed by atoms with Gasteiger partial charge in [0.15, 0.2) is 5.82 Å². The molecule has 220 valence electrons. The molecule has 1 fully saturated rings. The van der Waals surface area contributed by atoms with E-state index in [0.717, 1.165) is 36.8 Å². The summed E-state index contributed by atoms with van der Waals surface area (Å²) in [5.74, 6) is 0.922. The van der Waals surface area contributed by atoms with Crippen molar-refractivity contribution in [3.05, 3.63) is 90.9 Å². The van der Waals surface area contributed by atoms with Crippen molar-refractivity contribution in [1.82, 2.24) is 45.2 Å². The standard InChI is InChI=1S/C31H30N12O/c1-42-19-24(18-37-42)27-11-12-28(41-40-27)43(31(44)36-14-21-5-3-2-4-6-21)26-9-7-25(8-10-26)38-30-35-17-22(13-32)29(39-30)23-15-33-20-34-16-23/h2-6,11-12,15-20,25-26H,7-10,14H2,1H3,(H,36,44)(H,35,38,39)/t25-,26-. The highest BCUT2D eigenvalue weighted by Gasteiger charge is 2.31. The lowest BCUT2D eigenvalue weighted by molar-refractivity contribution is 0.240. The number of nitriles is 1. The van der Waals surface area contributed by atoms with E-state index in [9.17, 15) is 10.1 Å². The minimum Gasteiger partial charge on any atom is -0.351 e. The Balaban J connectivity index is 1.17. The van der Waals surface area contributed by atoms with Crippen molar-refractivity contribution in [2.45, 2.75) is 44.3 Å². The zero-order valence-corrected chi connectivity index (χ0v) is 24.1. The summed E-state index contributed by atoms with van der Waals surface area (Å²) in [6.07, 6.45) is 12.8. The van der Waals surface area contributed by atoms with E-state index in [1.54, 1.807) is 28.2 Å². The molecule has 44 heavy (non-hydrogen) atoms. The maximum absolute atomic E-state index is 13.6. The molecule has 4 aromatic heterocycles. The van der Waals surface area contributed by atoms with Gasteiger partial charge >= 0.3 is 6.03 Å². The van der Waals surface area contributed by atoms with Crippen LogP contribution in [0.4, 0.5) is 16.6 Å². The molecule has 13 heteroatoms. The number of amides is 2. The van der Waals surface area contributed by atoms with Crippen molar-refractivity contribution < 1.29 is 4.79 Å². The number of anilines is 2. The molecule has 0 aliphatic heterocycles. The fourth-order valence-electron chi connectivity index (χ4n) is 5.31. The van der Waals surface area contributed by atoms with Crippen molar-refractivity contribution in [3.8, 4) is 28.6 Å². The molecule has 13 nitrogen and oxygen atoms in total. The molecule has 2 amide bonds. The molecule has 1 aliphatic carbocycles. The molecule has 0 unspecified atom stereocenters. The summed E-state index contributed by atoms with van der Waals surface area (Å²) in [5, 5.41) is 29.1. The first-order chi connectivity index (χ1) is 21.6. The molecular weight excluding hydrogens is 556 g/mol. The van der Waals surface area contributed by atoms with E-state index in [2.05, 4.69) is 51.9 Å². The Bertz CT molecular complexity index is 1740. The van der Waals surface area contributed by atoms with Gasteiger partial charge in [0.1, 0.15) is 12.4 Å². The van der Waals surface area contributed by atoms with Gasteiger partial charge in [-0.05, 0) is 43.4 Å². The second kappa shape index (κ2) is 13.0. The summed E-state index contributed by atoms with van der Waals surface area (Å²) in [4.78, 5) is 32.4. The van der Waals surface area contributed by atoms with Crippen LogP contribution in [-0.4, -0.2) is 58.0 Å². The number of aromatic nitrogens is 8. The summed E-state index contributed by atoms with van der Waals surface area (Å²) in [6.45, 7) is 0.402. The van der Waals surface area contributed by atoms with Gasteiger partial charge in [0.25, 0.3) is 0 Å². The largest absolute Gasteiger partial charge is 0.351 e. The molecule has 0 saturated heterocycles. The van der Waals surface area contributed by atoms with Crippen molar-refractivity contribution in [1.29, 1.82) is 5.26 Å². The van der Waals surface area contributed by atoms with Crippen LogP contribution >= 0.6 is 0 Å². The van der Waals surface area contributed by atoms with Crippen molar-refractivity contribution in [3.63, 3.8) is 0 Å². The number of aryl methyl sites for hydroxylation is 1. The summed E-state index contributed by atoms with van der Waals surface area (Å²) in [5.41, 5.74) is 4.02. The van der Waals surface area contributed by atoms with Crippen LogP contribution < -0.4 is 15.5 Å². The predicted molar refractivity (Wildman–Crippen MR) is 163 cm³/mol. The molecule has 1 aliphatic rings. The second-order valence-electron chi connectivity index (χ2n) is 10.5. The molecule has 0 spiro atoms. The third-order valence-corrected chi connectivity index (χ3v) is 7.54. The van der Waals surface area contributed by atoms with Crippen LogP contribution in [0.3, 0.4) is 0 Å². The first kappa shape index (κ1) is 28.4. The summed E-state index contributed by atoms with van der Waals surface area (Å²) >= 11 is 0. The lowest BCUT2D eigenvalue weighted by Crippen LogP contribution is -2.49. The van der Waals surface area contributed by atoms with E-state index in [-0.39, 0.29) is 18.1 Å². The van der Waals surface area contributed by atoms with Crippen LogP contribution in [0.15, 0.2) is 79.8 Å². The molecule has 0 bridgehead atoms. The van der Waals surface area contributed by atoms with Gasteiger partial charge in [-0.2, -0.15) is 10.4 Å². The second-order valence-corrected chi connectivity index (χ2v) is 10.5. The molecule has 1 aromatic carbocycles. The van der Waals surface area contributed by atoms with Crippen molar-refractivity contribution >= 4 is 17.8 Å². The number of hydrogen-bond acceptors (Lipinski definition) is 10. The SMILES string of the molecule is Cn1cc(-c2ccc(N(C(=O)NCc3ccccc3)[C@H]3CC[C@H](Nc4ncc(C#N)c(-c5cncnc5)n4)CC3)nn2)cn1. The third-order valence-electron chi connectivity index (χ3n) is 7.54. The Labute approximate surface area is 254 Å². The van der Waals surface area contributed by atoms with E-state index in [1.807, 2.05) is 55.7 Å². The van der Waals surface area contributed by atoms with Crippen molar-refractivity contribution in [2.24, 2.45) is 7.05 Å². The molecule has 2 N–H and O–H groups in total. The fraction of sp³-hybridized carbons (Fsp3) is 0.258. The van der Waals surface area contributed by atoms with Gasteiger partial charge in [0, 0.05) is 55.4 Å². The Morgan fingerprint density at radius 3 is 2.48 bits per heavy atom. The molecule has 0 radical (unpaired) electrons. The number of urea groups is 1. The van der Waals surface area contributed by atoms with Gasteiger partial charge in [0.2, 0.25) is 5.95 Å². The minimum absolute atomic E-state index is 0.0822. The molecule has 0 atom stereocenters. The smallest absolute Gasteiger partial charge is 0.323 e. The maximum Gasteiger partial charge on any atom is 0.323 e. The molecular formula is C31H30N12O. The summed E-state index contributed by atoms with van der Waals surface area (Å²) in [6, 6.07) is 15.4. The number of hydrogen-bond donors (Lipinski definition) is 2. The molecule has 4 heterocycles. The minimum atomic E-state index is -0.223. The number of nitrogens with zero attached hydrogens (tertiary/aromatic N) is 10. The van der Waals surface area contributed by atoms with E-state index in [4.69, 9.17) is 0 Å². The highest BCUT2D eigenvalue weighted by molar-refractivity contribution is 5.91. The Morgan fingerprint density at radius 2 is 1.80 bits per heavy atom. The Kier molecular flexibility index (Phi) is 8.40. The zero-order valence-electron chi connectivity index (χ0n) is 24.1. The number of carbonyl (C=O) groups excluding carboxylic acids is 1. The van der Waals surface area contributed by atoms with Gasteiger partial charge in [-0.25, -0.2) is 24.7 Å². The average Bonchev–Trinajstić information content (AvgIpc) is 3.52. The Hall–Kier alpha value is -5.77. The first-order valence-electron chi connectivity index (χ1n) is 14.3. The summed E-state index contributed by atoms with van der Waals surface area (Å²) < 4.78 is 1.71. The van der Waals surface area contributed by atoms with Crippen molar-refractivity contribution in [2.75, 3.05) is 10.2 Å². The normalized spacial score (nSPS) is 16.1. The van der Waals surface area contributed by atoms with E-state index in [0.29, 0.717) is 40.8 Å². The van der Waals surface area contributed by atoms with Crippen LogP contribution in [0.5, 0.6) is 0 Å². The molecule has 1 saturated carbocycles. The number of nitrogens with one attached hydrogen (secondary N) is 2. The quantitative estimate of drug-likeness (QED) is 0.270. The Morgan fingerprint density at radius 1 is 1.00 bits per heavy atom. The van der Waals surface area contributed by atoms with Crippen LogP contribution in [0, 0.1) is 11.3 Å². The van der Waals surface area contributed by atoms with Crippen LogP contribution in [0.1, 0.15) is 36.8 Å². The van der Waals surface area contributed by atoms with Gasteiger partial charge < -0.3 is 10.6 Å². The van der Waals surface area contributed by atoms with Gasteiger partial charge in [-0.3, -0.25) is 9.58 Å².